The maximum atomic E-state index is 3.02. The molecule has 0 saturated carbocycles. The molecular formula is C30H60N2. The Bertz CT molecular complexity index is 497. The van der Waals surface area contributed by atoms with E-state index in [2.05, 4.69) is 107 Å². The number of hydrogen-bond donors (Lipinski definition) is 0. The summed E-state index contributed by atoms with van der Waals surface area (Å²) >= 11 is 0. The Balaban J connectivity index is 2.36. The molecule has 2 heterocycles. The van der Waals surface area contributed by atoms with Gasteiger partial charge in [0.1, 0.15) is 0 Å². The molecule has 0 radical (unpaired) electrons. The van der Waals surface area contributed by atoms with Gasteiger partial charge in [0.25, 0.3) is 0 Å². The summed E-state index contributed by atoms with van der Waals surface area (Å²) in [6.45, 7) is 35.0. The molecule has 0 aliphatic carbocycles. The van der Waals surface area contributed by atoms with Crippen LogP contribution in [-0.4, -0.2) is 45.5 Å². The summed E-state index contributed by atoms with van der Waals surface area (Å²) in [6, 6.07) is 3.29. The lowest BCUT2D eigenvalue weighted by atomic mass is 9.63. The Hall–Kier alpha value is -0.0800. The summed E-state index contributed by atoms with van der Waals surface area (Å²) < 4.78 is 0. The van der Waals surface area contributed by atoms with E-state index in [0.717, 1.165) is 29.6 Å². The van der Waals surface area contributed by atoms with Crippen molar-refractivity contribution in [1.29, 1.82) is 0 Å². The molecule has 0 amide bonds. The van der Waals surface area contributed by atoms with E-state index in [1.165, 1.54) is 25.7 Å². The average Bonchev–Trinajstić information content (AvgIpc) is 2.54. The van der Waals surface area contributed by atoms with E-state index in [9.17, 15) is 0 Å². The van der Waals surface area contributed by atoms with Crippen LogP contribution in [0.5, 0.6) is 0 Å². The molecule has 2 rings (SSSR count). The molecule has 2 fully saturated rings. The van der Waals surface area contributed by atoms with Gasteiger partial charge in [-0.15, -0.1) is 0 Å². The van der Waals surface area contributed by atoms with Crippen LogP contribution in [0.1, 0.15) is 123 Å². The summed E-state index contributed by atoms with van der Waals surface area (Å²) in [5, 5.41) is 0. The third-order valence-electron chi connectivity index (χ3n) is 9.33. The van der Waals surface area contributed by atoms with E-state index in [0.29, 0.717) is 35.6 Å². The second kappa shape index (κ2) is 10.3. The Morgan fingerprint density at radius 3 is 1.16 bits per heavy atom. The van der Waals surface area contributed by atoms with E-state index in [-0.39, 0.29) is 5.54 Å². The average molecular weight is 449 g/mol. The highest BCUT2D eigenvalue weighted by atomic mass is 15.3. The molecule has 0 spiro atoms. The lowest BCUT2D eigenvalue weighted by molar-refractivity contribution is -0.0584. The standard InChI is InChI=1S/C30H60N2/c1-19-15-23(5)31(24(6)16-20(2)27(19)29(9,10)11)28-21(3)17-25(7)32(30(12,13)14)26(8)18-22(28)4/h19-28H,15-18H2,1-14H3. The van der Waals surface area contributed by atoms with Crippen LogP contribution in [0.4, 0.5) is 0 Å². The zero-order valence-corrected chi connectivity index (χ0v) is 24.5. The summed E-state index contributed by atoms with van der Waals surface area (Å²) in [7, 11) is 0. The van der Waals surface area contributed by atoms with Crippen molar-refractivity contribution >= 4 is 0 Å². The Labute approximate surface area is 203 Å². The highest BCUT2D eigenvalue weighted by Gasteiger charge is 2.45. The molecule has 190 valence electrons. The molecule has 2 heteroatoms. The zero-order chi connectivity index (χ0) is 24.8. The molecule has 2 aliphatic heterocycles. The Morgan fingerprint density at radius 2 is 0.844 bits per heavy atom. The van der Waals surface area contributed by atoms with Gasteiger partial charge in [0, 0.05) is 35.7 Å². The number of nitrogens with zero attached hydrogens (tertiary/aromatic N) is 2. The lowest BCUT2D eigenvalue weighted by Crippen LogP contribution is -2.60. The van der Waals surface area contributed by atoms with Crippen molar-refractivity contribution in [2.45, 2.75) is 158 Å². The predicted molar refractivity (Wildman–Crippen MR) is 143 cm³/mol. The molecule has 8 unspecified atom stereocenters. The number of likely N-dealkylation sites (tertiary alicyclic amines) is 2. The molecule has 2 saturated heterocycles. The SMILES string of the molecule is CC1CC(C)N(C(C)(C)C)C(C)CC(C)C1N1C(C)CC(C)C(C(C)(C)C)C(C)CC1C. The second-order valence-electron chi connectivity index (χ2n) is 14.7. The molecule has 0 aromatic carbocycles. The van der Waals surface area contributed by atoms with E-state index in [1.54, 1.807) is 0 Å². The monoisotopic (exact) mass is 448 g/mol. The van der Waals surface area contributed by atoms with E-state index < -0.39 is 0 Å². The van der Waals surface area contributed by atoms with Crippen LogP contribution in [-0.2, 0) is 0 Å². The molecule has 0 aromatic heterocycles. The van der Waals surface area contributed by atoms with Crippen molar-refractivity contribution in [3.8, 4) is 0 Å². The van der Waals surface area contributed by atoms with E-state index in [1.807, 2.05) is 0 Å². The number of rotatable bonds is 1. The van der Waals surface area contributed by atoms with Crippen LogP contribution in [0.15, 0.2) is 0 Å². The van der Waals surface area contributed by atoms with E-state index in [4.69, 9.17) is 0 Å². The minimum atomic E-state index is 0.235. The van der Waals surface area contributed by atoms with Gasteiger partial charge in [0.2, 0.25) is 0 Å². The van der Waals surface area contributed by atoms with Gasteiger partial charge in [-0.1, -0.05) is 48.5 Å². The molecule has 0 N–H and O–H groups in total. The first kappa shape index (κ1) is 28.2. The molecular weight excluding hydrogens is 388 g/mol. The fraction of sp³-hybridized carbons (Fsp3) is 1.00. The predicted octanol–water partition coefficient (Wildman–Crippen LogP) is 8.11. The minimum Gasteiger partial charge on any atom is -0.294 e. The minimum absolute atomic E-state index is 0.235. The second-order valence-corrected chi connectivity index (χ2v) is 14.7. The van der Waals surface area contributed by atoms with Crippen molar-refractivity contribution in [1.82, 2.24) is 9.80 Å². The van der Waals surface area contributed by atoms with Crippen molar-refractivity contribution < 1.29 is 0 Å². The highest BCUT2D eigenvalue weighted by Crippen LogP contribution is 2.46. The van der Waals surface area contributed by atoms with Crippen LogP contribution in [0.25, 0.3) is 0 Å². The first-order valence-electron chi connectivity index (χ1n) is 14.0. The normalized spacial score (nSPS) is 44.4. The molecule has 8 atom stereocenters. The third kappa shape index (κ3) is 6.12. The molecule has 32 heavy (non-hydrogen) atoms. The van der Waals surface area contributed by atoms with Crippen LogP contribution >= 0.6 is 0 Å². The quantitative estimate of drug-likeness (QED) is 0.400. The fourth-order valence-electron chi connectivity index (χ4n) is 9.39. The third-order valence-corrected chi connectivity index (χ3v) is 9.33. The number of hydrogen-bond acceptors (Lipinski definition) is 2. The van der Waals surface area contributed by atoms with Crippen LogP contribution in [0.3, 0.4) is 0 Å². The van der Waals surface area contributed by atoms with Crippen LogP contribution in [0.2, 0.25) is 0 Å². The van der Waals surface area contributed by atoms with Crippen molar-refractivity contribution in [2.24, 2.45) is 35.0 Å². The van der Waals surface area contributed by atoms with Crippen molar-refractivity contribution in [2.75, 3.05) is 0 Å². The largest absolute Gasteiger partial charge is 0.294 e. The summed E-state index contributed by atoms with van der Waals surface area (Å²) in [4.78, 5) is 5.84. The van der Waals surface area contributed by atoms with Crippen LogP contribution in [0, 0.1) is 35.0 Å². The fourth-order valence-corrected chi connectivity index (χ4v) is 9.39. The first-order valence-corrected chi connectivity index (χ1v) is 14.0. The topological polar surface area (TPSA) is 6.48 Å². The summed E-state index contributed by atoms with van der Waals surface area (Å²) in [6.07, 6.45) is 5.29. The van der Waals surface area contributed by atoms with E-state index >= 15 is 0 Å². The van der Waals surface area contributed by atoms with Crippen molar-refractivity contribution in [3.05, 3.63) is 0 Å². The van der Waals surface area contributed by atoms with Gasteiger partial charge in [-0.3, -0.25) is 9.80 Å². The highest BCUT2D eigenvalue weighted by molar-refractivity contribution is 4.98. The van der Waals surface area contributed by atoms with Gasteiger partial charge in [0.05, 0.1) is 0 Å². The molecule has 2 aliphatic rings. The zero-order valence-electron chi connectivity index (χ0n) is 24.5. The summed E-state index contributed by atoms with van der Waals surface area (Å²) in [5.74, 6) is 3.82. The van der Waals surface area contributed by atoms with Gasteiger partial charge in [-0.2, -0.15) is 0 Å². The molecule has 0 aromatic rings. The smallest absolute Gasteiger partial charge is 0.0153 e. The Morgan fingerprint density at radius 1 is 0.500 bits per heavy atom. The van der Waals surface area contributed by atoms with Crippen LogP contribution < -0.4 is 0 Å². The molecule has 0 bridgehead atoms. The van der Waals surface area contributed by atoms with Gasteiger partial charge in [0.15, 0.2) is 0 Å². The maximum absolute atomic E-state index is 3.02. The maximum Gasteiger partial charge on any atom is 0.0153 e. The van der Waals surface area contributed by atoms with Gasteiger partial charge in [-0.05, 0) is 109 Å². The Kier molecular flexibility index (Phi) is 9.04. The molecule has 2 nitrogen and oxygen atoms in total. The van der Waals surface area contributed by atoms with Gasteiger partial charge >= 0.3 is 0 Å². The summed E-state index contributed by atoms with van der Waals surface area (Å²) in [5.41, 5.74) is 0.627. The first-order chi connectivity index (χ1) is 14.5. The lowest BCUT2D eigenvalue weighted by Gasteiger charge is -2.55. The van der Waals surface area contributed by atoms with Gasteiger partial charge < -0.3 is 0 Å². The van der Waals surface area contributed by atoms with Crippen molar-refractivity contribution in [3.63, 3.8) is 0 Å². The van der Waals surface area contributed by atoms with Gasteiger partial charge in [-0.25, -0.2) is 0 Å².